The number of aliphatic hydroxyl groups is 1. The molecule has 0 spiro atoms. The first kappa shape index (κ1) is 13.1. The van der Waals surface area contributed by atoms with E-state index in [1.807, 2.05) is 0 Å². The Bertz CT molecular complexity index is 423. The van der Waals surface area contributed by atoms with Crippen LogP contribution in [0.3, 0.4) is 0 Å². The summed E-state index contributed by atoms with van der Waals surface area (Å²) < 4.78 is 0. The van der Waals surface area contributed by atoms with Gasteiger partial charge in [-0.25, -0.2) is 0 Å². The normalized spacial score (nSPS) is 22.4. The van der Waals surface area contributed by atoms with E-state index >= 15 is 0 Å². The average Bonchev–Trinajstić information content (AvgIpc) is 3.15. The summed E-state index contributed by atoms with van der Waals surface area (Å²) in [5.41, 5.74) is 2.31. The van der Waals surface area contributed by atoms with Gasteiger partial charge in [0.2, 0.25) is 0 Å². The Balaban J connectivity index is 1.53. The van der Waals surface area contributed by atoms with Gasteiger partial charge in [0.15, 0.2) is 0 Å². The molecule has 2 fully saturated rings. The quantitative estimate of drug-likeness (QED) is 0.835. The first-order valence-electron chi connectivity index (χ1n) is 7.47. The molecule has 1 heterocycles. The molecule has 0 atom stereocenters. The predicted molar refractivity (Wildman–Crippen MR) is 77.3 cm³/mol. The molecule has 0 aromatic heterocycles. The molecule has 2 aliphatic rings. The van der Waals surface area contributed by atoms with Crippen LogP contribution >= 0.6 is 0 Å². The summed E-state index contributed by atoms with van der Waals surface area (Å²) in [5.74, 6) is 0. The molecule has 1 aromatic rings. The van der Waals surface area contributed by atoms with Crippen molar-refractivity contribution < 1.29 is 5.11 Å². The molecule has 1 aromatic carbocycles. The Morgan fingerprint density at radius 2 is 1.89 bits per heavy atom. The highest BCUT2D eigenvalue weighted by atomic mass is 16.3. The number of hydrogen-bond donors (Lipinski definition) is 2. The first-order valence-corrected chi connectivity index (χ1v) is 7.47. The van der Waals surface area contributed by atoms with Crippen molar-refractivity contribution in [2.45, 2.75) is 31.3 Å². The van der Waals surface area contributed by atoms with Gasteiger partial charge in [-0.05, 0) is 30.4 Å². The second kappa shape index (κ2) is 5.61. The maximum absolute atomic E-state index is 9.99. The van der Waals surface area contributed by atoms with Crippen LogP contribution in [0.5, 0.6) is 0 Å². The Morgan fingerprint density at radius 3 is 2.63 bits per heavy atom. The molecule has 1 aliphatic carbocycles. The van der Waals surface area contributed by atoms with Crippen LogP contribution in [0.4, 0.5) is 0 Å². The summed E-state index contributed by atoms with van der Waals surface area (Å²) in [5, 5.41) is 13.4. The van der Waals surface area contributed by atoms with Crippen LogP contribution in [-0.4, -0.2) is 48.3 Å². The van der Waals surface area contributed by atoms with E-state index in [4.69, 9.17) is 0 Å². The van der Waals surface area contributed by atoms with Crippen LogP contribution in [0.2, 0.25) is 0 Å². The summed E-state index contributed by atoms with van der Waals surface area (Å²) >= 11 is 0. The summed E-state index contributed by atoms with van der Waals surface area (Å²) in [6.45, 7) is 5.72. The minimum atomic E-state index is -0.378. The van der Waals surface area contributed by atoms with E-state index in [1.165, 1.54) is 24.2 Å². The summed E-state index contributed by atoms with van der Waals surface area (Å²) in [4.78, 5) is 2.53. The number of rotatable bonds is 5. The Hall–Kier alpha value is -0.900. The second-order valence-electron chi connectivity index (χ2n) is 6.06. The third-order valence-corrected chi connectivity index (χ3v) is 4.28. The zero-order valence-electron chi connectivity index (χ0n) is 11.6. The van der Waals surface area contributed by atoms with Crippen LogP contribution in [-0.2, 0) is 12.8 Å². The lowest BCUT2D eigenvalue weighted by Crippen LogP contribution is -2.44. The van der Waals surface area contributed by atoms with Crippen molar-refractivity contribution in [3.63, 3.8) is 0 Å². The maximum Gasteiger partial charge on any atom is 0.0690 e. The van der Waals surface area contributed by atoms with Crippen LogP contribution < -0.4 is 5.32 Å². The van der Waals surface area contributed by atoms with Gasteiger partial charge < -0.3 is 15.3 Å². The van der Waals surface area contributed by atoms with Crippen molar-refractivity contribution in [1.82, 2.24) is 10.2 Å². The minimum Gasteiger partial charge on any atom is -0.390 e. The van der Waals surface area contributed by atoms with Gasteiger partial charge in [0.1, 0.15) is 0 Å². The van der Waals surface area contributed by atoms with Gasteiger partial charge in [-0.2, -0.15) is 0 Å². The fourth-order valence-corrected chi connectivity index (χ4v) is 2.82. The molecule has 3 nitrogen and oxygen atoms in total. The van der Waals surface area contributed by atoms with Crippen molar-refractivity contribution in [3.05, 3.63) is 35.4 Å². The third kappa shape index (κ3) is 3.78. The molecule has 0 unspecified atom stereocenters. The molecular formula is C16H24N2O. The number of piperazine rings is 1. The van der Waals surface area contributed by atoms with Crippen LogP contribution in [0.15, 0.2) is 24.3 Å². The smallest absolute Gasteiger partial charge is 0.0690 e. The van der Waals surface area contributed by atoms with Crippen molar-refractivity contribution >= 4 is 0 Å². The molecule has 1 saturated heterocycles. The predicted octanol–water partition coefficient (Wildman–Crippen LogP) is 1.20. The Kier molecular flexibility index (Phi) is 3.87. The fourth-order valence-electron chi connectivity index (χ4n) is 2.82. The molecule has 3 rings (SSSR count). The lowest BCUT2D eigenvalue weighted by molar-refractivity contribution is 0.151. The van der Waals surface area contributed by atoms with Gasteiger partial charge in [-0.1, -0.05) is 24.3 Å². The SMILES string of the molecule is OC1(Cc2cccc(CCN3CCNCC3)c2)CC1. The molecule has 2 N–H and O–H groups in total. The van der Waals surface area contributed by atoms with Crippen molar-refractivity contribution in [2.75, 3.05) is 32.7 Å². The largest absolute Gasteiger partial charge is 0.390 e. The van der Waals surface area contributed by atoms with Gasteiger partial charge in [-0.3, -0.25) is 0 Å². The summed E-state index contributed by atoms with van der Waals surface area (Å²) in [7, 11) is 0. The van der Waals surface area contributed by atoms with Crippen molar-refractivity contribution in [1.29, 1.82) is 0 Å². The van der Waals surface area contributed by atoms with E-state index in [2.05, 4.69) is 34.5 Å². The van der Waals surface area contributed by atoms with Crippen molar-refractivity contribution in [3.8, 4) is 0 Å². The van der Waals surface area contributed by atoms with E-state index < -0.39 is 0 Å². The van der Waals surface area contributed by atoms with Crippen LogP contribution in [0, 0.1) is 0 Å². The van der Waals surface area contributed by atoms with Gasteiger partial charge in [-0.15, -0.1) is 0 Å². The Morgan fingerprint density at radius 1 is 1.16 bits per heavy atom. The molecule has 1 saturated carbocycles. The van der Waals surface area contributed by atoms with Gasteiger partial charge >= 0.3 is 0 Å². The van der Waals surface area contributed by atoms with Gasteiger partial charge in [0, 0.05) is 39.1 Å². The van der Waals surface area contributed by atoms with Crippen LogP contribution in [0.25, 0.3) is 0 Å². The van der Waals surface area contributed by atoms with E-state index in [1.54, 1.807) is 0 Å². The topological polar surface area (TPSA) is 35.5 Å². The fraction of sp³-hybridized carbons (Fsp3) is 0.625. The van der Waals surface area contributed by atoms with Gasteiger partial charge in [0.25, 0.3) is 0 Å². The molecule has 19 heavy (non-hydrogen) atoms. The lowest BCUT2D eigenvalue weighted by atomic mass is 10.0. The van der Waals surface area contributed by atoms with Crippen LogP contribution in [0.1, 0.15) is 24.0 Å². The standard InChI is InChI=1S/C16H24N2O/c19-16(5-6-16)13-15-3-1-2-14(12-15)4-9-18-10-7-17-8-11-18/h1-3,12,17,19H,4-11,13H2. The van der Waals surface area contributed by atoms with E-state index in [9.17, 15) is 5.11 Å². The lowest BCUT2D eigenvalue weighted by Gasteiger charge is -2.27. The molecule has 0 bridgehead atoms. The monoisotopic (exact) mass is 260 g/mol. The van der Waals surface area contributed by atoms with E-state index in [0.717, 1.165) is 45.3 Å². The van der Waals surface area contributed by atoms with Gasteiger partial charge in [0.05, 0.1) is 5.60 Å². The molecule has 104 valence electrons. The molecule has 1 aliphatic heterocycles. The maximum atomic E-state index is 9.99. The number of benzene rings is 1. The van der Waals surface area contributed by atoms with Crippen molar-refractivity contribution in [2.24, 2.45) is 0 Å². The summed E-state index contributed by atoms with van der Waals surface area (Å²) in [6, 6.07) is 8.76. The molecule has 3 heteroatoms. The third-order valence-electron chi connectivity index (χ3n) is 4.28. The number of hydrogen-bond acceptors (Lipinski definition) is 3. The zero-order valence-corrected chi connectivity index (χ0v) is 11.6. The van der Waals surface area contributed by atoms with E-state index in [0.29, 0.717) is 0 Å². The first-order chi connectivity index (χ1) is 9.23. The number of nitrogens with one attached hydrogen (secondary N) is 1. The zero-order chi connectivity index (χ0) is 13.1. The average molecular weight is 260 g/mol. The Labute approximate surface area is 115 Å². The van der Waals surface area contributed by atoms with E-state index in [-0.39, 0.29) is 5.60 Å². The second-order valence-corrected chi connectivity index (χ2v) is 6.06. The molecular weight excluding hydrogens is 236 g/mol. The highest BCUT2D eigenvalue weighted by Gasteiger charge is 2.39. The molecule has 0 amide bonds. The highest BCUT2D eigenvalue weighted by Crippen LogP contribution is 2.38. The molecule has 0 radical (unpaired) electrons. The number of nitrogens with zero attached hydrogens (tertiary/aromatic N) is 1. The minimum absolute atomic E-state index is 0.378. The highest BCUT2D eigenvalue weighted by molar-refractivity contribution is 5.26. The summed E-state index contributed by atoms with van der Waals surface area (Å²) in [6.07, 6.45) is 3.89.